The van der Waals surface area contributed by atoms with E-state index in [4.69, 9.17) is 5.11 Å². The molecule has 2 rings (SSSR count). The molecule has 2 aliphatic heterocycles. The minimum Gasteiger partial charge on any atom is -0.465 e. The molecule has 102 valence electrons. The van der Waals surface area contributed by atoms with Crippen molar-refractivity contribution in [1.82, 2.24) is 15.1 Å². The Hall–Kier alpha value is -1.30. The van der Waals surface area contributed by atoms with Crippen LogP contribution >= 0.6 is 0 Å². The highest BCUT2D eigenvalue weighted by Crippen LogP contribution is 2.16. The Morgan fingerprint density at radius 1 is 1.00 bits per heavy atom. The van der Waals surface area contributed by atoms with Crippen LogP contribution in [-0.4, -0.2) is 66.2 Å². The molecule has 0 saturated carbocycles. The summed E-state index contributed by atoms with van der Waals surface area (Å²) in [6.45, 7) is 4.01. The largest absolute Gasteiger partial charge is 0.465 e. The molecule has 6 heteroatoms. The lowest BCUT2D eigenvalue weighted by Gasteiger charge is -2.28. The van der Waals surface area contributed by atoms with E-state index in [1.54, 1.807) is 0 Å². The Morgan fingerprint density at radius 3 is 2.28 bits per heavy atom. The number of hydrogen-bond donors (Lipinski definition) is 2. The lowest BCUT2D eigenvalue weighted by molar-refractivity contribution is -0.136. The van der Waals surface area contributed by atoms with Crippen molar-refractivity contribution in [2.24, 2.45) is 5.92 Å². The smallest absolute Gasteiger partial charge is 0.407 e. The summed E-state index contributed by atoms with van der Waals surface area (Å²) >= 11 is 0. The number of hydrogen-bond acceptors (Lipinski definition) is 3. The predicted molar refractivity (Wildman–Crippen MR) is 66.4 cm³/mol. The van der Waals surface area contributed by atoms with Crippen LogP contribution in [0.15, 0.2) is 0 Å². The third kappa shape index (κ3) is 3.13. The maximum Gasteiger partial charge on any atom is 0.407 e. The van der Waals surface area contributed by atoms with Gasteiger partial charge >= 0.3 is 6.09 Å². The van der Waals surface area contributed by atoms with Gasteiger partial charge in [-0.2, -0.15) is 0 Å². The van der Waals surface area contributed by atoms with Gasteiger partial charge in [-0.1, -0.05) is 0 Å². The van der Waals surface area contributed by atoms with Crippen LogP contribution in [0.4, 0.5) is 4.79 Å². The van der Waals surface area contributed by atoms with Gasteiger partial charge < -0.3 is 20.2 Å². The van der Waals surface area contributed by atoms with Crippen LogP contribution in [0.3, 0.4) is 0 Å². The summed E-state index contributed by atoms with van der Waals surface area (Å²) < 4.78 is 0. The Morgan fingerprint density at radius 2 is 1.61 bits per heavy atom. The molecule has 0 bridgehead atoms. The van der Waals surface area contributed by atoms with Gasteiger partial charge in [0.25, 0.3) is 0 Å². The molecule has 0 spiro atoms. The fraction of sp³-hybridized carbons (Fsp3) is 0.833. The van der Waals surface area contributed by atoms with E-state index in [9.17, 15) is 9.59 Å². The highest BCUT2D eigenvalue weighted by atomic mass is 16.4. The molecule has 0 radical (unpaired) electrons. The summed E-state index contributed by atoms with van der Waals surface area (Å²) in [5.74, 6) is 0.339. The van der Waals surface area contributed by atoms with Gasteiger partial charge in [-0.15, -0.1) is 0 Å². The summed E-state index contributed by atoms with van der Waals surface area (Å²) in [5, 5.41) is 12.2. The van der Waals surface area contributed by atoms with Crippen molar-refractivity contribution >= 4 is 12.0 Å². The molecule has 0 atom stereocenters. The molecular formula is C12H21N3O3. The highest BCUT2D eigenvalue weighted by Gasteiger charge is 2.27. The van der Waals surface area contributed by atoms with Gasteiger partial charge in [0.05, 0.1) is 0 Å². The second kappa shape index (κ2) is 6.04. The van der Waals surface area contributed by atoms with Crippen molar-refractivity contribution in [3.63, 3.8) is 0 Å². The van der Waals surface area contributed by atoms with E-state index in [-0.39, 0.29) is 11.8 Å². The number of nitrogens with one attached hydrogen (secondary N) is 1. The van der Waals surface area contributed by atoms with E-state index in [1.165, 1.54) is 4.90 Å². The van der Waals surface area contributed by atoms with E-state index < -0.39 is 6.09 Å². The van der Waals surface area contributed by atoms with Crippen LogP contribution in [0.1, 0.15) is 19.3 Å². The van der Waals surface area contributed by atoms with Crippen molar-refractivity contribution in [3.8, 4) is 0 Å². The Balaban J connectivity index is 1.88. The minimum atomic E-state index is -0.883. The van der Waals surface area contributed by atoms with Crippen molar-refractivity contribution in [3.05, 3.63) is 0 Å². The quantitative estimate of drug-likeness (QED) is 0.702. The van der Waals surface area contributed by atoms with E-state index in [2.05, 4.69) is 5.32 Å². The standard InChI is InChI=1S/C12H21N3O3/c16-11(10-2-4-13-5-3-10)14-6-1-7-15(9-8-14)12(17)18/h10,13H,1-9H2,(H,17,18). The molecule has 2 saturated heterocycles. The maximum atomic E-state index is 12.3. The van der Waals surface area contributed by atoms with Crippen molar-refractivity contribution in [2.45, 2.75) is 19.3 Å². The molecule has 2 amide bonds. The van der Waals surface area contributed by atoms with Crippen molar-refractivity contribution in [2.75, 3.05) is 39.3 Å². The highest BCUT2D eigenvalue weighted by molar-refractivity contribution is 5.79. The molecule has 0 aromatic carbocycles. The summed E-state index contributed by atoms with van der Waals surface area (Å²) in [5.41, 5.74) is 0. The lowest BCUT2D eigenvalue weighted by Crippen LogP contribution is -2.43. The number of piperidine rings is 1. The van der Waals surface area contributed by atoms with Gasteiger partial charge in [0, 0.05) is 32.1 Å². The second-order valence-corrected chi connectivity index (χ2v) is 4.97. The van der Waals surface area contributed by atoms with E-state index in [0.717, 1.165) is 32.4 Å². The third-order valence-corrected chi connectivity index (χ3v) is 3.77. The Labute approximate surface area is 107 Å². The van der Waals surface area contributed by atoms with Crippen LogP contribution in [0, 0.1) is 5.92 Å². The van der Waals surface area contributed by atoms with Gasteiger partial charge in [-0.05, 0) is 32.4 Å². The number of carboxylic acid groups (broad SMARTS) is 1. The zero-order chi connectivity index (χ0) is 13.0. The summed E-state index contributed by atoms with van der Waals surface area (Å²) in [6.07, 6.45) is 1.66. The van der Waals surface area contributed by atoms with Gasteiger partial charge in [-0.25, -0.2) is 4.79 Å². The first-order valence-corrected chi connectivity index (χ1v) is 6.66. The van der Waals surface area contributed by atoms with Crippen LogP contribution in [0.5, 0.6) is 0 Å². The third-order valence-electron chi connectivity index (χ3n) is 3.77. The summed E-state index contributed by atoms with van der Waals surface area (Å²) in [7, 11) is 0. The zero-order valence-electron chi connectivity index (χ0n) is 10.6. The number of carbonyl (C=O) groups excluding carboxylic acids is 1. The lowest BCUT2D eigenvalue weighted by atomic mass is 9.96. The molecule has 2 N–H and O–H groups in total. The van der Waals surface area contributed by atoms with Gasteiger partial charge in [-0.3, -0.25) is 4.79 Å². The van der Waals surface area contributed by atoms with Crippen molar-refractivity contribution < 1.29 is 14.7 Å². The molecule has 2 heterocycles. The van der Waals surface area contributed by atoms with Gasteiger partial charge in [0.2, 0.25) is 5.91 Å². The van der Waals surface area contributed by atoms with Crippen molar-refractivity contribution in [1.29, 1.82) is 0 Å². The number of rotatable bonds is 1. The molecule has 18 heavy (non-hydrogen) atoms. The number of nitrogens with zero attached hydrogens (tertiary/aromatic N) is 2. The normalized spacial score (nSPS) is 22.7. The predicted octanol–water partition coefficient (Wildman–Crippen LogP) is 0.198. The SMILES string of the molecule is O=C(O)N1CCCN(C(=O)C2CCNCC2)CC1. The minimum absolute atomic E-state index is 0.127. The summed E-state index contributed by atoms with van der Waals surface area (Å²) in [4.78, 5) is 26.5. The average molecular weight is 255 g/mol. The van der Waals surface area contributed by atoms with E-state index in [1.807, 2.05) is 4.90 Å². The summed E-state index contributed by atoms with van der Waals surface area (Å²) in [6, 6.07) is 0. The zero-order valence-corrected chi connectivity index (χ0v) is 10.6. The van der Waals surface area contributed by atoms with E-state index >= 15 is 0 Å². The number of carbonyl (C=O) groups is 2. The molecule has 0 aromatic rings. The van der Waals surface area contributed by atoms with Gasteiger partial charge in [0.1, 0.15) is 0 Å². The monoisotopic (exact) mass is 255 g/mol. The van der Waals surface area contributed by atoms with Crippen LogP contribution in [0.2, 0.25) is 0 Å². The fourth-order valence-corrected chi connectivity index (χ4v) is 2.66. The first-order valence-electron chi connectivity index (χ1n) is 6.66. The molecule has 6 nitrogen and oxygen atoms in total. The molecular weight excluding hydrogens is 234 g/mol. The molecule has 0 aliphatic carbocycles. The fourth-order valence-electron chi connectivity index (χ4n) is 2.66. The maximum absolute atomic E-state index is 12.3. The molecule has 0 unspecified atom stereocenters. The van der Waals surface area contributed by atoms with Gasteiger partial charge in [0.15, 0.2) is 0 Å². The van der Waals surface area contributed by atoms with Crippen LogP contribution in [-0.2, 0) is 4.79 Å². The second-order valence-electron chi connectivity index (χ2n) is 4.97. The topological polar surface area (TPSA) is 72.9 Å². The molecule has 2 aliphatic rings. The van der Waals surface area contributed by atoms with Crippen LogP contribution in [0.25, 0.3) is 0 Å². The first-order chi connectivity index (χ1) is 8.68. The number of amides is 2. The average Bonchev–Trinajstić information content (AvgIpc) is 2.64. The van der Waals surface area contributed by atoms with E-state index in [0.29, 0.717) is 26.2 Å². The first kappa shape index (κ1) is 13.1. The van der Waals surface area contributed by atoms with Crippen LogP contribution < -0.4 is 5.32 Å². The molecule has 2 fully saturated rings. The molecule has 0 aromatic heterocycles. The Kier molecular flexibility index (Phi) is 4.41. The Bertz CT molecular complexity index is 316.